The van der Waals surface area contributed by atoms with Crippen LogP contribution < -0.4 is 16.0 Å². The molecule has 0 spiro atoms. The number of nitrogens with one attached hydrogen (secondary N) is 3. The molecule has 4 rings (SSSR count). The quantitative estimate of drug-likeness (QED) is 0.247. The van der Waals surface area contributed by atoms with Gasteiger partial charge in [0.15, 0.2) is 5.82 Å². The van der Waals surface area contributed by atoms with E-state index < -0.39 is 23.9 Å². The number of carbonyl (C=O) groups is 2. The van der Waals surface area contributed by atoms with Gasteiger partial charge >= 0.3 is 23.9 Å². The van der Waals surface area contributed by atoms with Crippen molar-refractivity contribution in [3.8, 4) is 0 Å². The Morgan fingerprint density at radius 3 is 2.08 bits per heavy atom. The first-order valence-electron chi connectivity index (χ1n) is 10.5. The minimum absolute atomic E-state index is 0.474. The molecule has 0 atom stereocenters. The van der Waals surface area contributed by atoms with Crippen LogP contribution in [0.2, 0.25) is 5.02 Å². The molecule has 37 heavy (non-hydrogen) atoms. The Kier molecular flexibility index (Phi) is 8.58. The summed E-state index contributed by atoms with van der Waals surface area (Å²) in [6.45, 7) is 0.912. The highest BCUT2D eigenvalue weighted by atomic mass is 35.5. The number of aryl methyl sites for hydroxylation is 1. The van der Waals surface area contributed by atoms with Crippen LogP contribution >= 0.6 is 11.6 Å². The molecule has 2 aromatic carbocycles. The summed E-state index contributed by atoms with van der Waals surface area (Å²) in [4.78, 5) is 28.0. The summed E-state index contributed by atoms with van der Waals surface area (Å²) < 4.78 is 67.0. The summed E-state index contributed by atoms with van der Waals surface area (Å²) in [6, 6.07) is 16.4. The Labute approximate surface area is 211 Å². The zero-order chi connectivity index (χ0) is 27.2. The van der Waals surface area contributed by atoms with Crippen molar-refractivity contribution in [2.45, 2.75) is 25.2 Å². The molecule has 1 aliphatic rings. The van der Waals surface area contributed by atoms with Crippen LogP contribution in [0.3, 0.4) is 0 Å². The monoisotopic (exact) mass is 545 g/mol. The Bertz CT molecular complexity index is 1260. The number of rotatable bonds is 1. The Morgan fingerprint density at radius 1 is 0.838 bits per heavy atom. The lowest BCUT2D eigenvalue weighted by Crippen LogP contribution is -2.39. The summed E-state index contributed by atoms with van der Waals surface area (Å²) in [5.74, 6) is -5.74. The molecule has 14 heteroatoms. The van der Waals surface area contributed by atoms with E-state index in [1.807, 2.05) is 30.3 Å². The first-order valence-corrected chi connectivity index (χ1v) is 10.9. The highest BCUT2D eigenvalue weighted by Crippen LogP contribution is 2.27. The number of carbonyl (C=O) groups excluding carboxylic acids is 2. The van der Waals surface area contributed by atoms with E-state index in [0.717, 1.165) is 36.4 Å². The van der Waals surface area contributed by atoms with Crippen LogP contribution in [0.15, 0.2) is 54.7 Å². The van der Waals surface area contributed by atoms with Gasteiger partial charge in [-0.1, -0.05) is 29.8 Å². The van der Waals surface area contributed by atoms with Gasteiger partial charge in [0.25, 0.3) is 0 Å². The van der Waals surface area contributed by atoms with Gasteiger partial charge in [0.05, 0.1) is 6.20 Å². The lowest BCUT2D eigenvalue weighted by Gasteiger charge is -2.11. The van der Waals surface area contributed by atoms with Crippen LogP contribution in [0, 0.1) is 0 Å². The van der Waals surface area contributed by atoms with Crippen LogP contribution in [0.5, 0.6) is 0 Å². The standard InChI is InChI=1S/C19H18ClN5.C4F6O2/c20-17-12-22-19-24-15-7-1-4-13(10-15)5-3-9-21-14-6-2-8-16(11-14)23-18(17)25-19;5-3(6,7)1(11)2(12)4(8,9)10/h1-2,4,6-8,10-12,21H,3,5,9H2,(H2,22,23,24,25);. The first-order chi connectivity index (χ1) is 17.3. The van der Waals surface area contributed by atoms with Crippen molar-refractivity contribution in [3.05, 3.63) is 65.3 Å². The predicted molar refractivity (Wildman–Crippen MR) is 125 cm³/mol. The molecule has 2 heterocycles. The summed E-state index contributed by atoms with van der Waals surface area (Å²) in [5, 5.41) is 10.5. The molecule has 0 radical (unpaired) electrons. The van der Waals surface area contributed by atoms with Gasteiger partial charge in [0.2, 0.25) is 5.95 Å². The fourth-order valence-corrected chi connectivity index (χ4v) is 3.21. The second-order valence-electron chi connectivity index (χ2n) is 7.61. The fraction of sp³-hybridized carbons (Fsp3) is 0.217. The van der Waals surface area contributed by atoms with Crippen LogP contribution in [0.4, 0.5) is 55.2 Å². The molecule has 7 nitrogen and oxygen atoms in total. The van der Waals surface area contributed by atoms with Gasteiger partial charge in [-0.3, -0.25) is 9.59 Å². The highest BCUT2D eigenvalue weighted by molar-refractivity contribution is 6.41. The largest absolute Gasteiger partial charge is 0.458 e. The molecule has 1 aliphatic heterocycles. The molecule has 1 aromatic heterocycles. The number of anilines is 5. The second kappa shape index (κ2) is 11.5. The number of aromatic nitrogens is 2. The molecular formula is C23H18ClF6N5O2. The normalized spacial score (nSPS) is 13.3. The summed E-state index contributed by atoms with van der Waals surface area (Å²) in [7, 11) is 0. The maximum atomic E-state index is 11.2. The van der Waals surface area contributed by atoms with Crippen molar-refractivity contribution >= 4 is 52.0 Å². The topological polar surface area (TPSA) is 96.0 Å². The van der Waals surface area contributed by atoms with E-state index in [9.17, 15) is 35.9 Å². The molecule has 0 fully saturated rings. The average molecular weight is 546 g/mol. The van der Waals surface area contributed by atoms with Gasteiger partial charge < -0.3 is 16.0 Å². The van der Waals surface area contributed by atoms with Crippen molar-refractivity contribution in [2.75, 3.05) is 22.5 Å². The number of alkyl halides is 6. The zero-order valence-electron chi connectivity index (χ0n) is 18.7. The van der Waals surface area contributed by atoms with E-state index in [4.69, 9.17) is 11.6 Å². The van der Waals surface area contributed by atoms with Crippen LogP contribution in [-0.2, 0) is 16.0 Å². The van der Waals surface area contributed by atoms with E-state index in [0.29, 0.717) is 16.8 Å². The van der Waals surface area contributed by atoms with Crippen LogP contribution in [0.25, 0.3) is 0 Å². The van der Waals surface area contributed by atoms with Gasteiger partial charge in [-0.15, -0.1) is 0 Å². The summed E-state index contributed by atoms with van der Waals surface area (Å²) in [5.41, 5.74) is 4.24. The first kappa shape index (κ1) is 27.7. The Morgan fingerprint density at radius 2 is 1.43 bits per heavy atom. The number of hydrogen-bond donors (Lipinski definition) is 3. The molecule has 3 aromatic rings. The van der Waals surface area contributed by atoms with E-state index >= 15 is 0 Å². The Balaban J connectivity index is 0.000000270. The van der Waals surface area contributed by atoms with Gasteiger partial charge in [-0.2, -0.15) is 31.3 Å². The molecule has 0 saturated heterocycles. The van der Waals surface area contributed by atoms with Gasteiger partial charge in [-0.05, 0) is 48.7 Å². The molecule has 0 aliphatic carbocycles. The second-order valence-corrected chi connectivity index (χ2v) is 8.01. The molecule has 196 valence electrons. The third-order valence-electron chi connectivity index (χ3n) is 4.75. The number of hydrogen-bond acceptors (Lipinski definition) is 7. The number of ketones is 2. The number of fused-ring (bicyclic) bond motifs is 6. The van der Waals surface area contributed by atoms with E-state index in [1.54, 1.807) is 6.20 Å². The van der Waals surface area contributed by atoms with Gasteiger partial charge in [0.1, 0.15) is 5.02 Å². The number of benzene rings is 2. The lowest BCUT2D eigenvalue weighted by molar-refractivity contribution is -0.193. The minimum atomic E-state index is -5.77. The average Bonchev–Trinajstić information content (AvgIpc) is 2.82. The lowest BCUT2D eigenvalue weighted by atomic mass is 10.1. The van der Waals surface area contributed by atoms with Crippen molar-refractivity contribution in [2.24, 2.45) is 0 Å². The predicted octanol–water partition coefficient (Wildman–Crippen LogP) is 6.22. The molecule has 3 N–H and O–H groups in total. The SMILES string of the molecule is Clc1cnc2nc1Nc1cccc(c1)NCCCc1cccc(c1)N2.O=C(C(=O)C(F)(F)F)C(F)(F)F. The third-order valence-corrected chi connectivity index (χ3v) is 5.02. The molecule has 0 unspecified atom stereocenters. The minimum Gasteiger partial charge on any atom is -0.385 e. The van der Waals surface area contributed by atoms with Crippen molar-refractivity contribution < 1.29 is 35.9 Å². The van der Waals surface area contributed by atoms with Crippen LogP contribution in [-0.4, -0.2) is 40.4 Å². The molecule has 0 saturated carbocycles. The molecular weight excluding hydrogens is 528 g/mol. The smallest absolute Gasteiger partial charge is 0.385 e. The number of halogens is 7. The zero-order valence-corrected chi connectivity index (χ0v) is 19.4. The van der Waals surface area contributed by atoms with E-state index in [2.05, 4.69) is 44.1 Å². The summed E-state index contributed by atoms with van der Waals surface area (Å²) >= 11 is 6.25. The maximum absolute atomic E-state index is 11.2. The van der Waals surface area contributed by atoms with Gasteiger partial charge in [-0.25, -0.2) is 4.98 Å². The van der Waals surface area contributed by atoms with Crippen molar-refractivity contribution in [3.63, 3.8) is 0 Å². The highest BCUT2D eigenvalue weighted by Gasteiger charge is 2.54. The number of nitrogens with zero attached hydrogens (tertiary/aromatic N) is 2. The number of Topliss-reactive ketones (excluding diaryl/α,β-unsaturated/α-hetero) is 2. The Hall–Kier alpha value is -3.87. The van der Waals surface area contributed by atoms with Crippen LogP contribution in [0.1, 0.15) is 12.0 Å². The maximum Gasteiger partial charge on any atom is 0.458 e. The summed E-state index contributed by atoms with van der Waals surface area (Å²) in [6.07, 6.45) is -7.88. The fourth-order valence-electron chi connectivity index (χ4n) is 3.08. The van der Waals surface area contributed by atoms with E-state index in [-0.39, 0.29) is 0 Å². The van der Waals surface area contributed by atoms with Crippen molar-refractivity contribution in [1.82, 2.24) is 9.97 Å². The molecule has 6 bridgehead atoms. The third kappa shape index (κ3) is 8.07. The van der Waals surface area contributed by atoms with Gasteiger partial charge in [0, 0.05) is 23.6 Å². The molecule has 0 amide bonds. The van der Waals surface area contributed by atoms with Crippen molar-refractivity contribution in [1.29, 1.82) is 0 Å². The van der Waals surface area contributed by atoms with E-state index in [1.165, 1.54) is 5.56 Å².